The first-order valence-corrected chi connectivity index (χ1v) is 9.48. The normalized spacial score (nSPS) is 16.0. The zero-order valence-corrected chi connectivity index (χ0v) is 17.6. The summed E-state index contributed by atoms with van der Waals surface area (Å²) < 4.78 is 17.9. The largest absolute Gasteiger partial charge is 0.504 e. The van der Waals surface area contributed by atoms with Crippen LogP contribution in [0.3, 0.4) is 0 Å². The Morgan fingerprint density at radius 3 is 2.64 bits per heavy atom. The van der Waals surface area contributed by atoms with Gasteiger partial charge in [0.1, 0.15) is 5.75 Å². The molecule has 0 fully saturated rings. The maximum atomic E-state index is 12.2. The lowest BCUT2D eigenvalue weighted by Gasteiger charge is -2.20. The Kier molecular flexibility index (Phi) is 5.79. The van der Waals surface area contributed by atoms with Crippen LogP contribution in [0.1, 0.15) is 38.1 Å². The maximum Gasteiger partial charge on any atom is 0.244 e. The first-order chi connectivity index (χ1) is 13.3. The monoisotopic (exact) mass is 448 g/mol. The molecular weight excluding hydrogens is 428 g/mol. The highest BCUT2D eigenvalue weighted by atomic mass is 79.9. The molecule has 1 atom stereocenters. The molecule has 1 heterocycles. The van der Waals surface area contributed by atoms with Crippen LogP contribution in [-0.4, -0.2) is 35.1 Å². The molecule has 1 amide bonds. The van der Waals surface area contributed by atoms with Crippen LogP contribution in [0.2, 0.25) is 0 Å². The second kappa shape index (κ2) is 8.10. The molecule has 1 aliphatic rings. The van der Waals surface area contributed by atoms with Crippen molar-refractivity contribution in [1.29, 1.82) is 0 Å². The summed E-state index contributed by atoms with van der Waals surface area (Å²) >= 11 is 3.45. The predicted octanol–water partition coefficient (Wildman–Crippen LogP) is 4.19. The third-order valence-corrected chi connectivity index (χ3v) is 4.48. The van der Waals surface area contributed by atoms with Crippen molar-refractivity contribution in [3.05, 3.63) is 52.0 Å². The van der Waals surface area contributed by atoms with Gasteiger partial charge in [-0.1, -0.05) is 15.9 Å². The highest BCUT2D eigenvalue weighted by Crippen LogP contribution is 2.37. The lowest BCUT2D eigenvalue weighted by atomic mass is 10.1. The van der Waals surface area contributed by atoms with Crippen LogP contribution < -0.4 is 9.47 Å². The third kappa shape index (κ3) is 4.06. The van der Waals surface area contributed by atoms with Crippen molar-refractivity contribution >= 4 is 27.7 Å². The highest BCUT2D eigenvalue weighted by Gasteiger charge is 2.34. The molecule has 0 saturated carbocycles. The van der Waals surface area contributed by atoms with Crippen LogP contribution in [0.5, 0.6) is 17.2 Å². The molecule has 2 aromatic rings. The van der Waals surface area contributed by atoms with Gasteiger partial charge < -0.3 is 19.3 Å². The lowest BCUT2D eigenvalue weighted by molar-refractivity contribution is -0.135. The van der Waals surface area contributed by atoms with Gasteiger partial charge in [-0.3, -0.25) is 4.79 Å². The molecule has 7 nitrogen and oxygen atoms in total. The number of aromatic hydroxyl groups is 1. The number of halogens is 1. The summed E-state index contributed by atoms with van der Waals surface area (Å²) in [6, 6.07) is 10.3. The highest BCUT2D eigenvalue weighted by molar-refractivity contribution is 9.10. The minimum Gasteiger partial charge on any atom is -0.504 e. The van der Waals surface area contributed by atoms with E-state index in [2.05, 4.69) is 21.0 Å². The number of phenolic OH excluding ortho intramolecular Hbond substituents is 1. The third-order valence-electron chi connectivity index (χ3n) is 3.99. The zero-order valence-electron chi connectivity index (χ0n) is 16.0. The van der Waals surface area contributed by atoms with Gasteiger partial charge in [0.25, 0.3) is 0 Å². The van der Waals surface area contributed by atoms with Crippen molar-refractivity contribution in [2.24, 2.45) is 5.10 Å². The van der Waals surface area contributed by atoms with E-state index in [1.54, 1.807) is 12.1 Å². The zero-order chi connectivity index (χ0) is 20.4. The summed E-state index contributed by atoms with van der Waals surface area (Å²) in [7, 11) is 1.45. The molecule has 8 heteroatoms. The smallest absolute Gasteiger partial charge is 0.244 e. The summed E-state index contributed by atoms with van der Waals surface area (Å²) in [5.41, 5.74) is 1.24. The molecule has 0 saturated heterocycles. The van der Waals surface area contributed by atoms with Crippen LogP contribution >= 0.6 is 15.9 Å². The average Bonchev–Trinajstić information content (AvgIpc) is 3.09. The summed E-state index contributed by atoms with van der Waals surface area (Å²) in [6.07, 6.45) is -0.823. The number of phenols is 1. The van der Waals surface area contributed by atoms with Gasteiger partial charge in [-0.15, -0.1) is 5.10 Å². The van der Waals surface area contributed by atoms with Crippen molar-refractivity contribution in [3.8, 4) is 17.2 Å². The molecule has 148 valence electrons. The van der Waals surface area contributed by atoms with Crippen molar-refractivity contribution in [3.63, 3.8) is 0 Å². The Hall–Kier alpha value is -2.74. The number of hydrogen-bond donors (Lipinski definition) is 1. The van der Waals surface area contributed by atoms with Gasteiger partial charge in [-0.25, -0.2) is 0 Å². The summed E-state index contributed by atoms with van der Waals surface area (Å²) in [4.78, 5) is 12.2. The second-order valence-electron chi connectivity index (χ2n) is 6.48. The number of ether oxygens (including phenoxy) is 3. The van der Waals surface area contributed by atoms with Gasteiger partial charge in [0, 0.05) is 17.0 Å². The number of benzene rings is 2. The molecule has 2 aromatic carbocycles. The molecule has 0 aromatic heterocycles. The Labute approximate surface area is 171 Å². The molecule has 0 radical (unpaired) electrons. The molecule has 1 N–H and O–H groups in total. The maximum absolute atomic E-state index is 12.2. The van der Waals surface area contributed by atoms with E-state index in [4.69, 9.17) is 14.2 Å². The number of amides is 1. The number of methoxy groups -OCH3 is 1. The molecule has 0 unspecified atom stereocenters. The SMILES string of the molecule is COc1cc([C@@H]2OC(c3cc(Br)ccc3OC(C)C)=NN2C(C)=O)ccc1O. The van der Waals surface area contributed by atoms with Gasteiger partial charge in [0.05, 0.1) is 18.8 Å². The number of hydrazone groups is 1. The summed E-state index contributed by atoms with van der Waals surface area (Å²) in [5, 5.41) is 15.5. The van der Waals surface area contributed by atoms with Crippen LogP contribution in [0, 0.1) is 0 Å². The van der Waals surface area contributed by atoms with E-state index in [-0.39, 0.29) is 29.4 Å². The Balaban J connectivity index is 2.01. The van der Waals surface area contributed by atoms with Crippen LogP contribution in [0.15, 0.2) is 46.0 Å². The summed E-state index contributed by atoms with van der Waals surface area (Å²) in [5.74, 6) is 0.866. The van der Waals surface area contributed by atoms with E-state index >= 15 is 0 Å². The fourth-order valence-corrected chi connectivity index (χ4v) is 3.13. The van der Waals surface area contributed by atoms with Crippen LogP contribution in [0.4, 0.5) is 0 Å². The van der Waals surface area contributed by atoms with Gasteiger partial charge in [0.2, 0.25) is 18.0 Å². The molecule has 1 aliphatic heterocycles. The van der Waals surface area contributed by atoms with E-state index in [1.807, 2.05) is 32.0 Å². The first kappa shape index (κ1) is 20.0. The van der Waals surface area contributed by atoms with Gasteiger partial charge >= 0.3 is 0 Å². The number of carbonyl (C=O) groups excluding carboxylic acids is 1. The van der Waals surface area contributed by atoms with E-state index in [0.717, 1.165) is 4.47 Å². The number of carbonyl (C=O) groups is 1. The van der Waals surface area contributed by atoms with Gasteiger partial charge in [0.15, 0.2) is 11.5 Å². The standard InChI is InChI=1S/C20H21BrN2O5/c1-11(2)27-17-8-6-14(21)10-15(17)19-22-23(12(3)24)20(28-19)13-5-7-16(25)18(9-13)26-4/h5-11,20,25H,1-4H3/t20-/m0/s1. The minimum absolute atomic E-state index is 0.000580. The van der Waals surface area contributed by atoms with Gasteiger partial charge in [-0.2, -0.15) is 5.01 Å². The van der Waals surface area contributed by atoms with Crippen LogP contribution in [0.25, 0.3) is 0 Å². The number of rotatable bonds is 5. The second-order valence-corrected chi connectivity index (χ2v) is 7.39. The molecule has 0 aliphatic carbocycles. The van der Waals surface area contributed by atoms with Gasteiger partial charge in [-0.05, 0) is 50.2 Å². The van der Waals surface area contributed by atoms with Crippen LogP contribution in [-0.2, 0) is 9.53 Å². The quantitative estimate of drug-likeness (QED) is 0.741. The van der Waals surface area contributed by atoms with Crippen molar-refractivity contribution in [2.45, 2.75) is 33.1 Å². The van der Waals surface area contributed by atoms with Crippen molar-refractivity contribution in [2.75, 3.05) is 7.11 Å². The fourth-order valence-electron chi connectivity index (χ4n) is 2.77. The number of nitrogens with zero attached hydrogens (tertiary/aromatic N) is 2. The minimum atomic E-state index is -0.784. The predicted molar refractivity (Wildman–Crippen MR) is 107 cm³/mol. The Bertz CT molecular complexity index is 929. The molecule has 0 bridgehead atoms. The van der Waals surface area contributed by atoms with E-state index in [9.17, 15) is 9.90 Å². The first-order valence-electron chi connectivity index (χ1n) is 8.68. The lowest BCUT2D eigenvalue weighted by Crippen LogP contribution is -2.25. The summed E-state index contributed by atoms with van der Waals surface area (Å²) in [6.45, 7) is 5.26. The number of hydrogen-bond acceptors (Lipinski definition) is 6. The molecule has 3 rings (SSSR count). The van der Waals surface area contributed by atoms with E-state index < -0.39 is 6.23 Å². The molecular formula is C20H21BrN2O5. The topological polar surface area (TPSA) is 80.6 Å². The Morgan fingerprint density at radius 2 is 2.00 bits per heavy atom. The van der Waals surface area contributed by atoms with Crippen molar-refractivity contribution < 1.29 is 24.1 Å². The van der Waals surface area contributed by atoms with E-state index in [1.165, 1.54) is 25.1 Å². The Morgan fingerprint density at radius 1 is 1.25 bits per heavy atom. The molecule has 28 heavy (non-hydrogen) atoms. The fraction of sp³-hybridized carbons (Fsp3) is 0.300. The van der Waals surface area contributed by atoms with Crippen molar-refractivity contribution in [1.82, 2.24) is 5.01 Å². The average molecular weight is 449 g/mol. The van der Waals surface area contributed by atoms with E-state index in [0.29, 0.717) is 16.9 Å². The molecule has 0 spiro atoms.